The van der Waals surface area contributed by atoms with Gasteiger partial charge in [-0.05, 0) is 62.4 Å². The van der Waals surface area contributed by atoms with Crippen LogP contribution in [0.2, 0.25) is 0 Å². The zero-order valence-electron chi connectivity index (χ0n) is 21.7. The van der Waals surface area contributed by atoms with Crippen molar-refractivity contribution in [1.82, 2.24) is 14.8 Å². The Morgan fingerprint density at radius 3 is 2.42 bits per heavy atom. The number of aromatic nitrogens is 1. The number of hydrogen-bond donors (Lipinski definition) is 4. The van der Waals surface area contributed by atoms with E-state index in [0.29, 0.717) is 45.0 Å². The summed E-state index contributed by atoms with van der Waals surface area (Å²) in [6.45, 7) is 8.49. The smallest absolute Gasteiger partial charge is 0.337 e. The quantitative estimate of drug-likeness (QED) is 0.372. The van der Waals surface area contributed by atoms with Gasteiger partial charge in [-0.2, -0.15) is 0 Å². The van der Waals surface area contributed by atoms with Crippen LogP contribution in [0.4, 0.5) is 11.4 Å². The molecule has 2 aliphatic heterocycles. The zero-order valence-corrected chi connectivity index (χ0v) is 21.7. The molecule has 0 unspecified atom stereocenters. The van der Waals surface area contributed by atoms with Crippen LogP contribution in [0.15, 0.2) is 42.5 Å². The number of anilines is 2. The van der Waals surface area contributed by atoms with Crippen LogP contribution in [0.3, 0.4) is 0 Å². The Labute approximate surface area is 221 Å². The molecule has 1 saturated heterocycles. The van der Waals surface area contributed by atoms with Crippen molar-refractivity contribution in [2.24, 2.45) is 0 Å². The summed E-state index contributed by atoms with van der Waals surface area (Å²) in [6, 6.07) is 12.9. The zero-order chi connectivity index (χ0) is 27.0. The van der Waals surface area contributed by atoms with E-state index in [1.807, 2.05) is 24.3 Å². The Morgan fingerprint density at radius 2 is 1.76 bits per heavy atom. The van der Waals surface area contributed by atoms with Crippen molar-refractivity contribution in [1.29, 1.82) is 0 Å². The van der Waals surface area contributed by atoms with Gasteiger partial charge in [-0.3, -0.25) is 14.5 Å². The maximum Gasteiger partial charge on any atom is 0.337 e. The summed E-state index contributed by atoms with van der Waals surface area (Å²) in [5.41, 5.74) is 5.88. The first-order valence-corrected chi connectivity index (χ1v) is 12.6. The van der Waals surface area contributed by atoms with Crippen LogP contribution in [0.25, 0.3) is 11.6 Å². The summed E-state index contributed by atoms with van der Waals surface area (Å²) < 4.78 is 0. The van der Waals surface area contributed by atoms with Crippen molar-refractivity contribution in [3.8, 4) is 0 Å². The summed E-state index contributed by atoms with van der Waals surface area (Å²) in [4.78, 5) is 44.9. The fourth-order valence-electron chi connectivity index (χ4n) is 5.03. The summed E-state index contributed by atoms with van der Waals surface area (Å²) in [5, 5.41) is 15.2. The Balaban J connectivity index is 1.28. The first-order chi connectivity index (χ1) is 18.2. The predicted octanol–water partition coefficient (Wildman–Crippen LogP) is 3.82. The number of aromatic carboxylic acids is 1. The fourth-order valence-corrected chi connectivity index (χ4v) is 5.03. The third kappa shape index (κ3) is 5.11. The first-order valence-electron chi connectivity index (χ1n) is 12.6. The lowest BCUT2D eigenvalue weighted by Gasteiger charge is -2.32. The molecule has 3 heterocycles. The molecule has 4 N–H and O–H groups in total. The van der Waals surface area contributed by atoms with Gasteiger partial charge in [0.1, 0.15) is 0 Å². The first kappa shape index (κ1) is 25.4. The minimum absolute atomic E-state index is 0.209. The molecular weight excluding hydrogens is 482 g/mol. The molecule has 38 heavy (non-hydrogen) atoms. The van der Waals surface area contributed by atoms with Gasteiger partial charge < -0.3 is 25.6 Å². The van der Waals surface area contributed by atoms with E-state index in [-0.39, 0.29) is 17.4 Å². The van der Waals surface area contributed by atoms with Crippen molar-refractivity contribution in [2.75, 3.05) is 43.9 Å². The molecule has 5 rings (SSSR count). The average molecular weight is 514 g/mol. The number of amides is 2. The van der Waals surface area contributed by atoms with Crippen LogP contribution in [0, 0.1) is 13.8 Å². The lowest BCUT2D eigenvalue weighted by atomic mass is 10.0. The van der Waals surface area contributed by atoms with Gasteiger partial charge >= 0.3 is 5.97 Å². The van der Waals surface area contributed by atoms with Gasteiger partial charge in [-0.15, -0.1) is 0 Å². The van der Waals surface area contributed by atoms with E-state index in [1.165, 1.54) is 5.56 Å². The van der Waals surface area contributed by atoms with Gasteiger partial charge in [0.15, 0.2) is 0 Å². The third-order valence-electron chi connectivity index (χ3n) is 7.26. The molecule has 0 saturated carbocycles. The molecule has 9 nitrogen and oxygen atoms in total. The molecule has 196 valence electrons. The van der Waals surface area contributed by atoms with Gasteiger partial charge in [0.25, 0.3) is 11.8 Å². The molecule has 2 aliphatic rings. The number of nitrogens with zero attached hydrogens (tertiary/aromatic N) is 2. The predicted molar refractivity (Wildman–Crippen MR) is 147 cm³/mol. The van der Waals surface area contributed by atoms with Crippen molar-refractivity contribution in [3.63, 3.8) is 0 Å². The highest BCUT2D eigenvalue weighted by molar-refractivity contribution is 6.35. The number of aryl methyl sites for hydroxylation is 1. The number of fused-ring (bicyclic) bond motifs is 1. The second kappa shape index (κ2) is 10.3. The maximum absolute atomic E-state index is 12.9. The summed E-state index contributed by atoms with van der Waals surface area (Å²) in [7, 11) is 2.14. The molecule has 1 aromatic heterocycles. The molecule has 0 atom stereocenters. The number of carboxylic acid groups (broad SMARTS) is 1. The lowest BCUT2D eigenvalue weighted by Crippen LogP contribution is -2.43. The van der Waals surface area contributed by atoms with Gasteiger partial charge in [0.05, 0.1) is 16.8 Å². The van der Waals surface area contributed by atoms with E-state index in [9.17, 15) is 19.5 Å². The SMILES string of the molecule is Cc1[nH]c(C=C2C(=O)Nc3cc(NC(=O)c4ccc(CN5CCN(C)CC5)cc4)ccc32)c(C)c1C(=O)O. The largest absolute Gasteiger partial charge is 0.478 e. The Kier molecular flexibility index (Phi) is 6.88. The highest BCUT2D eigenvalue weighted by atomic mass is 16.4. The minimum atomic E-state index is -1.01. The van der Waals surface area contributed by atoms with E-state index >= 15 is 0 Å². The van der Waals surface area contributed by atoms with Crippen LogP contribution in [-0.2, 0) is 11.3 Å². The number of nitrogens with one attached hydrogen (secondary N) is 3. The molecule has 0 spiro atoms. The average Bonchev–Trinajstić information content (AvgIpc) is 3.34. The number of carboxylic acids is 1. The molecule has 9 heteroatoms. The van der Waals surface area contributed by atoms with E-state index in [2.05, 4.69) is 32.5 Å². The van der Waals surface area contributed by atoms with Crippen molar-refractivity contribution in [2.45, 2.75) is 20.4 Å². The Morgan fingerprint density at radius 1 is 1.05 bits per heavy atom. The normalized spacial score (nSPS) is 16.9. The molecule has 0 aliphatic carbocycles. The number of benzene rings is 2. The molecule has 0 bridgehead atoms. The summed E-state index contributed by atoms with van der Waals surface area (Å²) in [6.07, 6.45) is 1.66. The van der Waals surface area contributed by atoms with Gasteiger partial charge in [-0.25, -0.2) is 4.79 Å². The van der Waals surface area contributed by atoms with Crippen molar-refractivity contribution >= 4 is 40.8 Å². The molecule has 2 amide bonds. The molecule has 0 radical (unpaired) electrons. The van der Waals surface area contributed by atoms with Gasteiger partial charge in [-0.1, -0.05) is 18.2 Å². The number of hydrogen-bond acceptors (Lipinski definition) is 5. The standard InChI is InChI=1S/C29H31N5O4/c1-17-24(30-18(2)26(17)29(37)38)15-23-22-9-8-21(14-25(22)32-28(23)36)31-27(35)20-6-4-19(5-7-20)16-34-12-10-33(3)11-13-34/h4-9,14-15,30H,10-13,16H2,1-3H3,(H,31,35)(H,32,36)(H,37,38). The van der Waals surface area contributed by atoms with E-state index in [1.54, 1.807) is 38.1 Å². The van der Waals surface area contributed by atoms with Crippen LogP contribution < -0.4 is 10.6 Å². The van der Waals surface area contributed by atoms with E-state index < -0.39 is 5.97 Å². The van der Waals surface area contributed by atoms with Crippen molar-refractivity contribution in [3.05, 3.63) is 81.7 Å². The number of likely N-dealkylation sites (N-methyl/N-ethyl adjacent to an activating group) is 1. The minimum Gasteiger partial charge on any atom is -0.478 e. The topological polar surface area (TPSA) is 118 Å². The number of H-pyrrole nitrogens is 1. The second-order valence-electron chi connectivity index (χ2n) is 9.97. The molecular formula is C29H31N5O4. The number of carbonyl (C=O) groups is 3. The van der Waals surface area contributed by atoms with Crippen LogP contribution in [0.1, 0.15) is 48.8 Å². The molecule has 2 aromatic carbocycles. The summed E-state index contributed by atoms with van der Waals surface area (Å²) in [5.74, 6) is -1.53. The summed E-state index contributed by atoms with van der Waals surface area (Å²) >= 11 is 0. The van der Waals surface area contributed by atoms with Crippen LogP contribution in [0.5, 0.6) is 0 Å². The molecule has 3 aromatic rings. The van der Waals surface area contributed by atoms with E-state index in [4.69, 9.17) is 0 Å². The van der Waals surface area contributed by atoms with Crippen LogP contribution in [-0.4, -0.2) is 70.9 Å². The van der Waals surface area contributed by atoms with Crippen molar-refractivity contribution < 1.29 is 19.5 Å². The van der Waals surface area contributed by atoms with Gasteiger partial charge in [0, 0.05) is 60.9 Å². The second-order valence-corrected chi connectivity index (χ2v) is 9.97. The highest BCUT2D eigenvalue weighted by Gasteiger charge is 2.26. The number of aromatic amines is 1. The number of carbonyl (C=O) groups excluding carboxylic acids is 2. The molecule has 1 fully saturated rings. The Bertz CT molecular complexity index is 1450. The maximum atomic E-state index is 12.9. The monoisotopic (exact) mass is 513 g/mol. The highest BCUT2D eigenvalue weighted by Crippen LogP contribution is 2.36. The number of piperazine rings is 1. The lowest BCUT2D eigenvalue weighted by molar-refractivity contribution is -0.110. The van der Waals surface area contributed by atoms with E-state index in [0.717, 1.165) is 32.7 Å². The van der Waals surface area contributed by atoms with Gasteiger partial charge in [0.2, 0.25) is 0 Å². The van der Waals surface area contributed by atoms with Crippen LogP contribution >= 0.6 is 0 Å². The Hall–Kier alpha value is -4.21. The fraction of sp³-hybridized carbons (Fsp3) is 0.276. The third-order valence-corrected chi connectivity index (χ3v) is 7.26. The number of rotatable bonds is 6.